The van der Waals surface area contributed by atoms with Crippen molar-refractivity contribution in [2.24, 2.45) is 7.05 Å². The quantitative estimate of drug-likeness (QED) is 0.874. The van der Waals surface area contributed by atoms with E-state index in [4.69, 9.17) is 0 Å². The molecule has 1 fully saturated rings. The van der Waals surface area contributed by atoms with Crippen LogP contribution in [0.1, 0.15) is 61.4 Å². The molecule has 1 saturated carbocycles. The molecule has 1 aliphatic rings. The van der Waals surface area contributed by atoms with E-state index in [1.165, 1.54) is 30.4 Å². The molecule has 1 aromatic heterocycles. The molecule has 3 heteroatoms. The number of aryl methyl sites for hydroxylation is 1. The molecule has 1 aliphatic carbocycles. The summed E-state index contributed by atoms with van der Waals surface area (Å²) in [6.45, 7) is 3.21. The number of benzene rings is 1. The molecule has 0 saturated heterocycles. The van der Waals surface area contributed by atoms with Crippen LogP contribution in [0.5, 0.6) is 0 Å². The Morgan fingerprint density at radius 3 is 2.81 bits per heavy atom. The van der Waals surface area contributed by atoms with Gasteiger partial charge in [-0.15, -0.1) is 0 Å². The SMILES string of the molecule is CCCNC(c1cccc(C2CCC2)c1)c1ccn(C)n1. The summed E-state index contributed by atoms with van der Waals surface area (Å²) in [6, 6.07) is 11.4. The summed E-state index contributed by atoms with van der Waals surface area (Å²) in [6.07, 6.45) is 7.23. The van der Waals surface area contributed by atoms with E-state index < -0.39 is 0 Å². The molecule has 0 spiro atoms. The first-order valence-corrected chi connectivity index (χ1v) is 8.10. The minimum atomic E-state index is 0.200. The maximum absolute atomic E-state index is 4.60. The van der Waals surface area contributed by atoms with Crippen molar-refractivity contribution in [3.63, 3.8) is 0 Å². The van der Waals surface area contributed by atoms with Gasteiger partial charge in [0.1, 0.15) is 0 Å². The third kappa shape index (κ3) is 3.18. The van der Waals surface area contributed by atoms with Gasteiger partial charge in [0.25, 0.3) is 0 Å². The van der Waals surface area contributed by atoms with Gasteiger partial charge in [0.15, 0.2) is 0 Å². The third-order valence-corrected chi connectivity index (χ3v) is 4.45. The van der Waals surface area contributed by atoms with Crippen LogP contribution in [-0.2, 0) is 7.05 Å². The van der Waals surface area contributed by atoms with Gasteiger partial charge < -0.3 is 5.32 Å². The smallest absolute Gasteiger partial charge is 0.0839 e. The van der Waals surface area contributed by atoms with Crippen LogP contribution in [0.4, 0.5) is 0 Å². The Bertz CT molecular complexity index is 584. The molecule has 0 radical (unpaired) electrons. The average molecular weight is 283 g/mol. The lowest BCUT2D eigenvalue weighted by Gasteiger charge is -2.27. The Morgan fingerprint density at radius 2 is 2.19 bits per heavy atom. The summed E-state index contributed by atoms with van der Waals surface area (Å²) < 4.78 is 1.88. The van der Waals surface area contributed by atoms with Crippen LogP contribution in [-0.4, -0.2) is 16.3 Å². The predicted octanol–water partition coefficient (Wildman–Crippen LogP) is 3.78. The summed E-state index contributed by atoms with van der Waals surface area (Å²) >= 11 is 0. The van der Waals surface area contributed by atoms with E-state index in [0.29, 0.717) is 0 Å². The minimum absolute atomic E-state index is 0.200. The van der Waals surface area contributed by atoms with Gasteiger partial charge in [-0.3, -0.25) is 4.68 Å². The first kappa shape index (κ1) is 14.3. The van der Waals surface area contributed by atoms with E-state index in [0.717, 1.165) is 24.6 Å². The Morgan fingerprint density at radius 1 is 1.33 bits per heavy atom. The zero-order chi connectivity index (χ0) is 14.7. The number of hydrogen-bond donors (Lipinski definition) is 1. The Labute approximate surface area is 127 Å². The van der Waals surface area contributed by atoms with Gasteiger partial charge in [0.2, 0.25) is 0 Å². The fourth-order valence-electron chi connectivity index (χ4n) is 3.00. The van der Waals surface area contributed by atoms with Crippen molar-refractivity contribution in [2.75, 3.05) is 6.54 Å². The summed E-state index contributed by atoms with van der Waals surface area (Å²) in [5.41, 5.74) is 3.95. The van der Waals surface area contributed by atoms with E-state index in [9.17, 15) is 0 Å². The zero-order valence-corrected chi connectivity index (χ0v) is 13.0. The van der Waals surface area contributed by atoms with Crippen LogP contribution < -0.4 is 5.32 Å². The molecule has 3 rings (SSSR count). The molecule has 3 nitrogen and oxygen atoms in total. The van der Waals surface area contributed by atoms with E-state index >= 15 is 0 Å². The number of nitrogens with zero attached hydrogens (tertiary/aromatic N) is 2. The summed E-state index contributed by atoms with van der Waals surface area (Å²) in [5.74, 6) is 0.778. The van der Waals surface area contributed by atoms with Gasteiger partial charge in [-0.05, 0) is 48.9 Å². The van der Waals surface area contributed by atoms with Crippen LogP contribution >= 0.6 is 0 Å². The highest BCUT2D eigenvalue weighted by atomic mass is 15.3. The highest BCUT2D eigenvalue weighted by molar-refractivity contribution is 5.33. The summed E-state index contributed by atoms with van der Waals surface area (Å²) in [4.78, 5) is 0. The van der Waals surface area contributed by atoms with Crippen molar-refractivity contribution >= 4 is 0 Å². The van der Waals surface area contributed by atoms with E-state index in [-0.39, 0.29) is 6.04 Å². The van der Waals surface area contributed by atoms with Crippen molar-refractivity contribution in [1.82, 2.24) is 15.1 Å². The molecular formula is C18H25N3. The van der Waals surface area contributed by atoms with Crippen LogP contribution in [0.3, 0.4) is 0 Å². The van der Waals surface area contributed by atoms with Crippen LogP contribution in [0.25, 0.3) is 0 Å². The van der Waals surface area contributed by atoms with E-state index in [2.05, 4.69) is 47.7 Å². The third-order valence-electron chi connectivity index (χ3n) is 4.45. The van der Waals surface area contributed by atoms with Crippen molar-refractivity contribution in [1.29, 1.82) is 0 Å². The zero-order valence-electron chi connectivity index (χ0n) is 13.0. The fraction of sp³-hybridized carbons (Fsp3) is 0.500. The topological polar surface area (TPSA) is 29.9 Å². The molecule has 2 aromatic rings. The molecule has 1 aromatic carbocycles. The number of nitrogens with one attached hydrogen (secondary N) is 1. The van der Waals surface area contributed by atoms with E-state index in [1.54, 1.807) is 0 Å². The molecule has 21 heavy (non-hydrogen) atoms. The first-order valence-electron chi connectivity index (χ1n) is 8.10. The van der Waals surface area contributed by atoms with Crippen LogP contribution in [0, 0.1) is 0 Å². The van der Waals surface area contributed by atoms with Gasteiger partial charge >= 0.3 is 0 Å². The lowest BCUT2D eigenvalue weighted by molar-refractivity contribution is 0.419. The number of aromatic nitrogens is 2. The molecule has 1 heterocycles. The molecule has 0 amide bonds. The maximum atomic E-state index is 4.60. The van der Waals surface area contributed by atoms with Crippen molar-refractivity contribution in [3.05, 3.63) is 53.3 Å². The van der Waals surface area contributed by atoms with Crippen LogP contribution in [0.2, 0.25) is 0 Å². The number of hydrogen-bond acceptors (Lipinski definition) is 2. The van der Waals surface area contributed by atoms with Gasteiger partial charge in [-0.25, -0.2) is 0 Å². The Balaban J connectivity index is 1.88. The van der Waals surface area contributed by atoms with E-state index in [1.807, 2.05) is 17.9 Å². The standard InChI is InChI=1S/C18H25N3/c1-3-11-19-18(17-10-12-21(2)20-17)16-9-5-8-15(13-16)14-6-4-7-14/h5,8-10,12-14,18-19H,3-4,6-7,11H2,1-2H3. The molecule has 1 unspecified atom stereocenters. The molecule has 112 valence electrons. The molecule has 0 aliphatic heterocycles. The van der Waals surface area contributed by atoms with Gasteiger partial charge in [0, 0.05) is 13.2 Å². The van der Waals surface area contributed by atoms with Crippen LogP contribution in [0.15, 0.2) is 36.5 Å². The first-order chi connectivity index (χ1) is 10.3. The largest absolute Gasteiger partial charge is 0.305 e. The van der Waals surface area contributed by atoms with Gasteiger partial charge in [-0.2, -0.15) is 5.10 Å². The Kier molecular flexibility index (Phi) is 4.39. The lowest BCUT2D eigenvalue weighted by atomic mass is 9.79. The fourth-order valence-corrected chi connectivity index (χ4v) is 3.00. The second-order valence-electron chi connectivity index (χ2n) is 6.10. The second kappa shape index (κ2) is 6.44. The monoisotopic (exact) mass is 283 g/mol. The average Bonchev–Trinajstić information content (AvgIpc) is 2.84. The maximum Gasteiger partial charge on any atom is 0.0839 e. The summed E-state index contributed by atoms with van der Waals surface area (Å²) in [7, 11) is 1.98. The molecule has 0 bridgehead atoms. The van der Waals surface area contributed by atoms with Gasteiger partial charge in [-0.1, -0.05) is 37.6 Å². The van der Waals surface area contributed by atoms with Crippen molar-refractivity contribution < 1.29 is 0 Å². The van der Waals surface area contributed by atoms with Gasteiger partial charge in [0.05, 0.1) is 11.7 Å². The second-order valence-corrected chi connectivity index (χ2v) is 6.10. The van der Waals surface area contributed by atoms with Crippen molar-refractivity contribution in [3.8, 4) is 0 Å². The minimum Gasteiger partial charge on any atom is -0.305 e. The highest BCUT2D eigenvalue weighted by Gasteiger charge is 2.22. The molecule has 1 N–H and O–H groups in total. The molecular weight excluding hydrogens is 258 g/mol. The highest BCUT2D eigenvalue weighted by Crippen LogP contribution is 2.37. The normalized spacial score (nSPS) is 16.7. The van der Waals surface area contributed by atoms with Crippen molar-refractivity contribution in [2.45, 2.75) is 44.6 Å². The predicted molar refractivity (Wildman–Crippen MR) is 86.4 cm³/mol. The summed E-state index contributed by atoms with van der Waals surface area (Å²) in [5, 5.41) is 8.24. The Hall–Kier alpha value is -1.61. The molecule has 1 atom stereocenters. The lowest BCUT2D eigenvalue weighted by Crippen LogP contribution is -2.24. The number of rotatable bonds is 6.